The number of rotatable bonds is 2. The molecule has 2 aromatic rings. The van der Waals surface area contributed by atoms with Gasteiger partial charge in [-0.05, 0) is 19.1 Å². The summed E-state index contributed by atoms with van der Waals surface area (Å²) >= 11 is 5.81. The number of halogens is 1. The highest BCUT2D eigenvalue weighted by atomic mass is 35.5. The first kappa shape index (κ1) is 9.86. The van der Waals surface area contributed by atoms with Gasteiger partial charge in [0, 0.05) is 12.3 Å². The molecule has 0 amide bonds. The van der Waals surface area contributed by atoms with Crippen molar-refractivity contribution in [2.24, 2.45) is 0 Å². The Morgan fingerprint density at radius 1 is 1.47 bits per heavy atom. The van der Waals surface area contributed by atoms with Crippen molar-refractivity contribution in [3.05, 3.63) is 41.1 Å². The Kier molecular flexibility index (Phi) is 2.51. The van der Waals surface area contributed by atoms with E-state index in [1.54, 1.807) is 35.9 Å². The highest BCUT2D eigenvalue weighted by molar-refractivity contribution is 6.29. The summed E-state index contributed by atoms with van der Waals surface area (Å²) in [6, 6.07) is 5.09. The van der Waals surface area contributed by atoms with Crippen LogP contribution in [0.5, 0.6) is 0 Å². The van der Waals surface area contributed by atoms with Crippen molar-refractivity contribution in [1.29, 1.82) is 0 Å². The van der Waals surface area contributed by atoms with Crippen LogP contribution in [0.15, 0.2) is 24.4 Å². The molecule has 0 fully saturated rings. The molecule has 0 bridgehead atoms. The Hall–Kier alpha value is -1.68. The molecule has 0 N–H and O–H groups in total. The molecule has 15 heavy (non-hydrogen) atoms. The summed E-state index contributed by atoms with van der Waals surface area (Å²) < 4.78 is 1.66. The summed E-state index contributed by atoms with van der Waals surface area (Å²) in [7, 11) is 0. The number of carbonyl (C=O) groups is 1. The predicted octanol–water partition coefficient (Wildman–Crippen LogP) is 2.04. The van der Waals surface area contributed by atoms with Crippen molar-refractivity contribution in [2.75, 3.05) is 0 Å². The molecule has 0 unspecified atom stereocenters. The molecule has 0 atom stereocenters. The third-order valence-electron chi connectivity index (χ3n) is 1.94. The monoisotopic (exact) mass is 221 g/mol. The highest BCUT2D eigenvalue weighted by Crippen LogP contribution is 2.13. The lowest BCUT2D eigenvalue weighted by molar-refractivity contribution is 0.111. The lowest BCUT2D eigenvalue weighted by Crippen LogP contribution is -2.02. The standard InChI is InChI=1S/C10H8ClN3O/c1-7-12-9(11)5-10(13-7)14-4-2-3-8(14)6-15/h2-6H,1H3. The first-order valence-corrected chi connectivity index (χ1v) is 4.72. The summed E-state index contributed by atoms with van der Waals surface area (Å²) in [4.78, 5) is 18.9. The van der Waals surface area contributed by atoms with Crippen LogP contribution < -0.4 is 0 Å². The maximum atomic E-state index is 10.7. The normalized spacial score (nSPS) is 10.3. The van der Waals surface area contributed by atoms with E-state index in [9.17, 15) is 4.79 Å². The quantitative estimate of drug-likeness (QED) is 0.576. The van der Waals surface area contributed by atoms with Crippen molar-refractivity contribution in [3.8, 4) is 5.82 Å². The van der Waals surface area contributed by atoms with Crippen molar-refractivity contribution in [2.45, 2.75) is 6.92 Å². The van der Waals surface area contributed by atoms with E-state index in [0.717, 1.165) is 6.29 Å². The van der Waals surface area contributed by atoms with Gasteiger partial charge < -0.3 is 0 Å². The lowest BCUT2D eigenvalue weighted by atomic mass is 10.4. The number of carbonyl (C=O) groups excluding carboxylic acids is 1. The van der Waals surface area contributed by atoms with Crippen LogP contribution in [-0.2, 0) is 0 Å². The predicted molar refractivity (Wildman–Crippen MR) is 56.5 cm³/mol. The largest absolute Gasteiger partial charge is 0.298 e. The van der Waals surface area contributed by atoms with E-state index in [4.69, 9.17) is 11.6 Å². The minimum Gasteiger partial charge on any atom is -0.298 e. The van der Waals surface area contributed by atoms with Crippen LogP contribution in [0.2, 0.25) is 5.15 Å². The number of nitrogens with zero attached hydrogens (tertiary/aromatic N) is 3. The molecular formula is C10H8ClN3O. The molecule has 0 saturated heterocycles. The van der Waals surface area contributed by atoms with E-state index < -0.39 is 0 Å². The van der Waals surface area contributed by atoms with Crippen LogP contribution in [0.25, 0.3) is 5.82 Å². The van der Waals surface area contributed by atoms with Gasteiger partial charge in [-0.15, -0.1) is 0 Å². The van der Waals surface area contributed by atoms with E-state index in [0.29, 0.717) is 22.5 Å². The molecule has 2 rings (SSSR count). The number of aldehydes is 1. The van der Waals surface area contributed by atoms with E-state index in [1.165, 1.54) is 0 Å². The van der Waals surface area contributed by atoms with Crippen LogP contribution in [0, 0.1) is 6.92 Å². The number of aryl methyl sites for hydroxylation is 1. The molecule has 2 aromatic heterocycles. The first-order chi connectivity index (χ1) is 7.20. The third-order valence-corrected chi connectivity index (χ3v) is 2.13. The van der Waals surface area contributed by atoms with Gasteiger partial charge in [0.2, 0.25) is 0 Å². The average Bonchev–Trinajstić information content (AvgIpc) is 2.63. The summed E-state index contributed by atoms with van der Waals surface area (Å²) in [5.41, 5.74) is 0.532. The summed E-state index contributed by atoms with van der Waals surface area (Å²) in [6.07, 6.45) is 2.52. The van der Waals surface area contributed by atoms with Gasteiger partial charge in [0.05, 0.1) is 5.69 Å². The Morgan fingerprint density at radius 2 is 2.27 bits per heavy atom. The fraction of sp³-hybridized carbons (Fsp3) is 0.100. The zero-order chi connectivity index (χ0) is 10.8. The third kappa shape index (κ3) is 1.89. The molecule has 76 valence electrons. The zero-order valence-electron chi connectivity index (χ0n) is 8.01. The first-order valence-electron chi connectivity index (χ1n) is 4.35. The number of hydrogen-bond donors (Lipinski definition) is 0. The molecule has 0 aliphatic heterocycles. The van der Waals surface area contributed by atoms with E-state index in [2.05, 4.69) is 9.97 Å². The van der Waals surface area contributed by atoms with Gasteiger partial charge in [0.15, 0.2) is 6.29 Å². The Morgan fingerprint density at radius 3 is 2.93 bits per heavy atom. The van der Waals surface area contributed by atoms with Crippen molar-refractivity contribution >= 4 is 17.9 Å². The van der Waals surface area contributed by atoms with Crippen LogP contribution >= 0.6 is 11.6 Å². The van der Waals surface area contributed by atoms with E-state index in [1.807, 2.05) is 0 Å². The summed E-state index contributed by atoms with van der Waals surface area (Å²) in [6.45, 7) is 1.75. The Labute approximate surface area is 91.5 Å². The average molecular weight is 222 g/mol. The molecule has 0 saturated carbocycles. The molecule has 0 spiro atoms. The fourth-order valence-electron chi connectivity index (χ4n) is 1.34. The minimum atomic E-state index is 0.364. The summed E-state index contributed by atoms with van der Waals surface area (Å²) in [5.74, 6) is 1.17. The van der Waals surface area contributed by atoms with Crippen LogP contribution in [0.1, 0.15) is 16.3 Å². The van der Waals surface area contributed by atoms with Crippen molar-refractivity contribution < 1.29 is 4.79 Å². The molecular weight excluding hydrogens is 214 g/mol. The zero-order valence-corrected chi connectivity index (χ0v) is 8.77. The van der Waals surface area contributed by atoms with Crippen LogP contribution in [-0.4, -0.2) is 20.8 Å². The molecule has 0 aliphatic rings. The second-order valence-corrected chi connectivity index (χ2v) is 3.40. The Balaban J connectivity index is 2.58. The second kappa shape index (κ2) is 3.82. The molecule has 2 heterocycles. The summed E-state index contributed by atoms with van der Waals surface area (Å²) in [5, 5.41) is 0.364. The van der Waals surface area contributed by atoms with Gasteiger partial charge in [-0.1, -0.05) is 11.6 Å². The molecule has 4 nitrogen and oxygen atoms in total. The van der Waals surface area contributed by atoms with Crippen LogP contribution in [0.4, 0.5) is 0 Å². The van der Waals surface area contributed by atoms with Crippen LogP contribution in [0.3, 0.4) is 0 Å². The lowest BCUT2D eigenvalue weighted by Gasteiger charge is -2.05. The molecule has 5 heteroatoms. The molecule has 0 aliphatic carbocycles. The second-order valence-electron chi connectivity index (χ2n) is 3.02. The Bertz CT molecular complexity index is 487. The topological polar surface area (TPSA) is 47.8 Å². The van der Waals surface area contributed by atoms with E-state index in [-0.39, 0.29) is 0 Å². The smallest absolute Gasteiger partial charge is 0.166 e. The van der Waals surface area contributed by atoms with Gasteiger partial charge in [-0.3, -0.25) is 9.36 Å². The minimum absolute atomic E-state index is 0.364. The van der Waals surface area contributed by atoms with Gasteiger partial charge in [0.1, 0.15) is 16.8 Å². The SMILES string of the molecule is Cc1nc(Cl)cc(-n2cccc2C=O)n1. The van der Waals surface area contributed by atoms with Gasteiger partial charge >= 0.3 is 0 Å². The maximum absolute atomic E-state index is 10.7. The van der Waals surface area contributed by atoms with Crippen molar-refractivity contribution in [3.63, 3.8) is 0 Å². The number of hydrogen-bond acceptors (Lipinski definition) is 3. The number of aromatic nitrogens is 3. The fourth-order valence-corrected chi connectivity index (χ4v) is 1.56. The van der Waals surface area contributed by atoms with Gasteiger partial charge in [-0.25, -0.2) is 9.97 Å². The maximum Gasteiger partial charge on any atom is 0.166 e. The van der Waals surface area contributed by atoms with Gasteiger partial charge in [0.25, 0.3) is 0 Å². The molecule has 0 aromatic carbocycles. The highest BCUT2D eigenvalue weighted by Gasteiger charge is 2.05. The van der Waals surface area contributed by atoms with Gasteiger partial charge in [-0.2, -0.15) is 0 Å². The molecule has 0 radical (unpaired) electrons. The van der Waals surface area contributed by atoms with E-state index >= 15 is 0 Å². The van der Waals surface area contributed by atoms with Crippen molar-refractivity contribution in [1.82, 2.24) is 14.5 Å².